The van der Waals surface area contributed by atoms with Crippen molar-refractivity contribution in [1.29, 1.82) is 0 Å². The molecule has 3 aromatic rings. The van der Waals surface area contributed by atoms with E-state index in [2.05, 4.69) is 22.4 Å². The SMILES string of the molecule is Cc1cc(C)c(S(=O)(=O)N2CCN(c3nc(-c4ccccc4)cs3)CC2)c(C)c1. The lowest BCUT2D eigenvalue weighted by molar-refractivity contribution is 0.384. The fourth-order valence-corrected chi connectivity index (χ4v) is 6.70. The fraction of sp³-hybridized carbons (Fsp3) is 0.318. The van der Waals surface area contributed by atoms with E-state index in [-0.39, 0.29) is 0 Å². The number of aryl methyl sites for hydroxylation is 3. The molecule has 152 valence electrons. The Morgan fingerprint density at radius 3 is 2.17 bits per heavy atom. The van der Waals surface area contributed by atoms with Crippen LogP contribution in [-0.4, -0.2) is 43.9 Å². The summed E-state index contributed by atoms with van der Waals surface area (Å²) in [7, 11) is -3.49. The minimum Gasteiger partial charge on any atom is -0.345 e. The lowest BCUT2D eigenvalue weighted by atomic mass is 10.1. The Morgan fingerprint density at radius 1 is 0.931 bits per heavy atom. The van der Waals surface area contributed by atoms with Gasteiger partial charge >= 0.3 is 0 Å². The van der Waals surface area contributed by atoms with Crippen LogP contribution in [0.25, 0.3) is 11.3 Å². The van der Waals surface area contributed by atoms with Gasteiger partial charge in [-0.05, 0) is 31.9 Å². The third kappa shape index (κ3) is 3.95. The molecule has 0 N–H and O–H groups in total. The van der Waals surface area contributed by atoms with Gasteiger partial charge in [-0.25, -0.2) is 13.4 Å². The first-order valence-electron chi connectivity index (χ1n) is 9.70. The summed E-state index contributed by atoms with van der Waals surface area (Å²) in [6, 6.07) is 14.0. The summed E-state index contributed by atoms with van der Waals surface area (Å²) in [6.07, 6.45) is 0. The van der Waals surface area contributed by atoms with E-state index < -0.39 is 10.0 Å². The predicted molar refractivity (Wildman–Crippen MR) is 119 cm³/mol. The fourth-order valence-electron chi connectivity index (χ4n) is 3.97. The zero-order valence-electron chi connectivity index (χ0n) is 16.9. The molecular weight excluding hydrogens is 402 g/mol. The first-order chi connectivity index (χ1) is 13.9. The molecule has 7 heteroatoms. The van der Waals surface area contributed by atoms with Crippen LogP contribution in [0.15, 0.2) is 52.7 Å². The van der Waals surface area contributed by atoms with Crippen molar-refractivity contribution in [3.63, 3.8) is 0 Å². The van der Waals surface area contributed by atoms with Crippen molar-refractivity contribution in [2.75, 3.05) is 31.1 Å². The van der Waals surface area contributed by atoms with E-state index in [0.29, 0.717) is 31.1 Å². The molecule has 1 saturated heterocycles. The van der Waals surface area contributed by atoms with E-state index in [1.54, 1.807) is 15.6 Å². The molecular formula is C22H25N3O2S2. The molecule has 1 fully saturated rings. The Labute approximate surface area is 176 Å². The standard InChI is InChI=1S/C22H25N3O2S2/c1-16-13-17(2)21(18(3)14-16)29(26,27)25-11-9-24(10-12-25)22-23-20(15-28-22)19-7-5-4-6-8-19/h4-8,13-15H,9-12H2,1-3H3. The molecule has 0 spiro atoms. The quantitative estimate of drug-likeness (QED) is 0.625. The van der Waals surface area contributed by atoms with Gasteiger partial charge in [0, 0.05) is 37.1 Å². The number of piperazine rings is 1. The summed E-state index contributed by atoms with van der Waals surface area (Å²) < 4.78 is 28.1. The smallest absolute Gasteiger partial charge is 0.243 e. The molecule has 0 atom stereocenters. The highest BCUT2D eigenvalue weighted by atomic mass is 32.2. The molecule has 0 radical (unpaired) electrons. The summed E-state index contributed by atoms with van der Waals surface area (Å²) in [5.74, 6) is 0. The second kappa shape index (κ2) is 7.89. The van der Waals surface area contributed by atoms with Crippen molar-refractivity contribution in [2.24, 2.45) is 0 Å². The van der Waals surface area contributed by atoms with Gasteiger partial charge in [0.15, 0.2) is 5.13 Å². The van der Waals surface area contributed by atoms with Crippen LogP contribution < -0.4 is 4.90 Å². The van der Waals surface area contributed by atoms with Crippen LogP contribution in [-0.2, 0) is 10.0 Å². The van der Waals surface area contributed by atoms with Crippen molar-refractivity contribution in [1.82, 2.24) is 9.29 Å². The number of rotatable bonds is 4. The molecule has 5 nitrogen and oxygen atoms in total. The van der Waals surface area contributed by atoms with Crippen molar-refractivity contribution in [3.05, 3.63) is 64.5 Å². The van der Waals surface area contributed by atoms with Gasteiger partial charge < -0.3 is 4.90 Å². The predicted octanol–water partition coefficient (Wildman–Crippen LogP) is 4.25. The van der Waals surface area contributed by atoms with Gasteiger partial charge in [0.2, 0.25) is 10.0 Å². The lowest BCUT2D eigenvalue weighted by Crippen LogP contribution is -2.48. The highest BCUT2D eigenvalue weighted by Gasteiger charge is 2.31. The zero-order chi connectivity index (χ0) is 20.6. The maximum Gasteiger partial charge on any atom is 0.243 e. The van der Waals surface area contributed by atoms with Gasteiger partial charge in [0.25, 0.3) is 0 Å². The monoisotopic (exact) mass is 427 g/mol. The van der Waals surface area contributed by atoms with E-state index in [9.17, 15) is 8.42 Å². The number of thiazole rings is 1. The number of aromatic nitrogens is 1. The topological polar surface area (TPSA) is 53.5 Å². The van der Waals surface area contributed by atoms with Crippen molar-refractivity contribution < 1.29 is 8.42 Å². The number of hydrogen-bond acceptors (Lipinski definition) is 5. The van der Waals surface area contributed by atoms with Gasteiger partial charge in [0.05, 0.1) is 10.6 Å². The molecule has 0 saturated carbocycles. The molecule has 0 aliphatic carbocycles. The second-order valence-corrected chi connectivity index (χ2v) is 10.2. The maximum absolute atomic E-state index is 13.3. The first-order valence-corrected chi connectivity index (χ1v) is 12.0. The maximum atomic E-state index is 13.3. The average Bonchev–Trinajstić information content (AvgIpc) is 3.18. The number of benzene rings is 2. The first kappa shape index (κ1) is 20.1. The van der Waals surface area contributed by atoms with Crippen LogP contribution in [0.3, 0.4) is 0 Å². The zero-order valence-corrected chi connectivity index (χ0v) is 18.6. The third-order valence-corrected chi connectivity index (χ3v) is 8.38. The summed E-state index contributed by atoms with van der Waals surface area (Å²) in [5.41, 5.74) is 4.78. The Bertz CT molecular complexity index is 1090. The number of anilines is 1. The third-order valence-electron chi connectivity index (χ3n) is 5.27. The van der Waals surface area contributed by atoms with Crippen LogP contribution >= 0.6 is 11.3 Å². The number of nitrogens with zero attached hydrogens (tertiary/aromatic N) is 3. The molecule has 0 unspecified atom stereocenters. The molecule has 0 amide bonds. The van der Waals surface area contributed by atoms with Crippen LogP contribution in [0.5, 0.6) is 0 Å². The molecule has 2 aromatic carbocycles. The molecule has 1 aliphatic rings. The number of sulfonamides is 1. The largest absolute Gasteiger partial charge is 0.345 e. The molecule has 2 heterocycles. The molecule has 1 aromatic heterocycles. The van der Waals surface area contributed by atoms with E-state index in [0.717, 1.165) is 33.1 Å². The van der Waals surface area contributed by atoms with Gasteiger partial charge in [-0.2, -0.15) is 4.31 Å². The van der Waals surface area contributed by atoms with Crippen molar-refractivity contribution >= 4 is 26.5 Å². The van der Waals surface area contributed by atoms with Crippen LogP contribution in [0, 0.1) is 20.8 Å². The van der Waals surface area contributed by atoms with Gasteiger partial charge in [-0.15, -0.1) is 11.3 Å². The van der Waals surface area contributed by atoms with Crippen LogP contribution in [0.4, 0.5) is 5.13 Å². The molecule has 4 rings (SSSR count). The lowest BCUT2D eigenvalue weighted by Gasteiger charge is -2.34. The Hall–Kier alpha value is -2.22. The van der Waals surface area contributed by atoms with E-state index in [1.807, 2.05) is 51.1 Å². The summed E-state index contributed by atoms with van der Waals surface area (Å²) in [4.78, 5) is 7.40. The highest BCUT2D eigenvalue weighted by molar-refractivity contribution is 7.89. The van der Waals surface area contributed by atoms with Gasteiger partial charge in [-0.3, -0.25) is 0 Å². The summed E-state index contributed by atoms with van der Waals surface area (Å²) in [6.45, 7) is 7.97. The van der Waals surface area contributed by atoms with Gasteiger partial charge in [0.1, 0.15) is 0 Å². The number of hydrogen-bond donors (Lipinski definition) is 0. The minimum absolute atomic E-state index is 0.456. The van der Waals surface area contributed by atoms with Crippen molar-refractivity contribution in [2.45, 2.75) is 25.7 Å². The molecule has 1 aliphatic heterocycles. The van der Waals surface area contributed by atoms with Crippen molar-refractivity contribution in [3.8, 4) is 11.3 Å². The van der Waals surface area contributed by atoms with E-state index >= 15 is 0 Å². The summed E-state index contributed by atoms with van der Waals surface area (Å²) >= 11 is 1.61. The van der Waals surface area contributed by atoms with Gasteiger partial charge in [-0.1, -0.05) is 48.0 Å². The second-order valence-electron chi connectivity index (χ2n) is 7.50. The van der Waals surface area contributed by atoms with Crippen LogP contribution in [0.2, 0.25) is 0 Å². The van der Waals surface area contributed by atoms with E-state index in [4.69, 9.17) is 4.98 Å². The Balaban J connectivity index is 1.49. The van der Waals surface area contributed by atoms with Crippen LogP contribution in [0.1, 0.15) is 16.7 Å². The minimum atomic E-state index is -3.49. The average molecular weight is 428 g/mol. The molecule has 29 heavy (non-hydrogen) atoms. The normalized spacial score (nSPS) is 15.6. The summed E-state index contributed by atoms with van der Waals surface area (Å²) in [5, 5.41) is 3.01. The Morgan fingerprint density at radius 2 is 1.55 bits per heavy atom. The highest BCUT2D eigenvalue weighted by Crippen LogP contribution is 2.30. The molecule has 0 bridgehead atoms. The van der Waals surface area contributed by atoms with E-state index in [1.165, 1.54) is 0 Å². The Kier molecular flexibility index (Phi) is 5.46.